The van der Waals surface area contributed by atoms with Gasteiger partial charge in [0.25, 0.3) is 0 Å². The first-order valence-corrected chi connectivity index (χ1v) is 8.83. The third kappa shape index (κ3) is 3.55. The van der Waals surface area contributed by atoms with Crippen molar-refractivity contribution in [3.05, 3.63) is 0 Å². The van der Waals surface area contributed by atoms with Gasteiger partial charge in [-0.25, -0.2) is 0 Å². The van der Waals surface area contributed by atoms with Gasteiger partial charge in [-0.1, -0.05) is 0 Å². The Morgan fingerprint density at radius 1 is 1.27 bits per heavy atom. The molecule has 0 aromatic rings. The summed E-state index contributed by atoms with van der Waals surface area (Å²) >= 11 is 0. The van der Waals surface area contributed by atoms with Gasteiger partial charge in [0.1, 0.15) is 0 Å². The summed E-state index contributed by atoms with van der Waals surface area (Å²) in [5.74, 6) is 4.06. The van der Waals surface area contributed by atoms with Crippen LogP contribution < -0.4 is 5.32 Å². The number of guanidine groups is 1. The molecule has 22 heavy (non-hydrogen) atoms. The Balaban J connectivity index is 0.00000144. The molecule has 4 aliphatic rings. The lowest BCUT2D eigenvalue weighted by atomic mass is 9.87. The van der Waals surface area contributed by atoms with Gasteiger partial charge in [-0.2, -0.15) is 0 Å². The summed E-state index contributed by atoms with van der Waals surface area (Å²) in [6.07, 6.45) is 8.35. The summed E-state index contributed by atoms with van der Waals surface area (Å²) in [5.41, 5.74) is 0.421. The van der Waals surface area contributed by atoms with Crippen LogP contribution in [0.25, 0.3) is 0 Å². The monoisotopic (exact) mass is 419 g/mol. The molecule has 0 bridgehead atoms. The van der Waals surface area contributed by atoms with E-state index in [9.17, 15) is 0 Å². The second-order valence-corrected chi connectivity index (χ2v) is 7.74. The van der Waals surface area contributed by atoms with E-state index >= 15 is 0 Å². The first-order valence-electron chi connectivity index (χ1n) is 8.83. The zero-order valence-electron chi connectivity index (χ0n) is 13.7. The summed E-state index contributed by atoms with van der Waals surface area (Å²) in [7, 11) is 1.93. The van der Waals surface area contributed by atoms with Crippen LogP contribution in [-0.4, -0.2) is 50.8 Å². The molecule has 0 aromatic carbocycles. The molecular formula is C17H30IN3O. The van der Waals surface area contributed by atoms with Gasteiger partial charge in [-0.15, -0.1) is 24.0 Å². The van der Waals surface area contributed by atoms with Crippen molar-refractivity contribution in [3.8, 4) is 0 Å². The molecule has 0 aromatic heterocycles. The Morgan fingerprint density at radius 2 is 2.00 bits per heavy atom. The number of nitrogens with one attached hydrogen (secondary N) is 1. The number of rotatable bonds is 4. The van der Waals surface area contributed by atoms with Crippen molar-refractivity contribution in [2.75, 3.05) is 39.9 Å². The van der Waals surface area contributed by atoms with Gasteiger partial charge in [0, 0.05) is 38.7 Å². The average molecular weight is 419 g/mol. The van der Waals surface area contributed by atoms with Crippen molar-refractivity contribution < 1.29 is 4.74 Å². The van der Waals surface area contributed by atoms with E-state index in [1.165, 1.54) is 38.5 Å². The lowest BCUT2D eigenvalue weighted by Crippen LogP contribution is -2.43. The fourth-order valence-electron chi connectivity index (χ4n) is 4.40. The topological polar surface area (TPSA) is 36.9 Å². The average Bonchev–Trinajstić information content (AvgIpc) is 3.43. The highest BCUT2D eigenvalue weighted by molar-refractivity contribution is 14.0. The summed E-state index contributed by atoms with van der Waals surface area (Å²) in [6, 6.07) is 0. The van der Waals surface area contributed by atoms with Crippen LogP contribution in [0.15, 0.2) is 4.99 Å². The maximum absolute atomic E-state index is 5.63. The van der Waals surface area contributed by atoms with Crippen molar-refractivity contribution in [2.24, 2.45) is 28.2 Å². The number of halogens is 1. The van der Waals surface area contributed by atoms with Crippen LogP contribution in [0.1, 0.15) is 38.5 Å². The van der Waals surface area contributed by atoms with E-state index in [0.29, 0.717) is 5.41 Å². The van der Waals surface area contributed by atoms with Gasteiger partial charge in [0.05, 0.1) is 6.61 Å². The second kappa shape index (κ2) is 6.83. The van der Waals surface area contributed by atoms with Gasteiger partial charge in [-0.3, -0.25) is 4.99 Å². The van der Waals surface area contributed by atoms with Crippen LogP contribution in [0.5, 0.6) is 0 Å². The van der Waals surface area contributed by atoms with Crippen LogP contribution >= 0.6 is 24.0 Å². The Morgan fingerprint density at radius 3 is 2.55 bits per heavy atom. The maximum atomic E-state index is 5.63. The molecule has 126 valence electrons. The number of hydrogen-bond acceptors (Lipinski definition) is 2. The maximum Gasteiger partial charge on any atom is 0.193 e. The summed E-state index contributed by atoms with van der Waals surface area (Å²) < 4.78 is 5.63. The van der Waals surface area contributed by atoms with Crippen molar-refractivity contribution in [1.29, 1.82) is 0 Å². The van der Waals surface area contributed by atoms with E-state index < -0.39 is 0 Å². The fourth-order valence-corrected chi connectivity index (χ4v) is 4.40. The van der Waals surface area contributed by atoms with Crippen LogP contribution in [-0.2, 0) is 4.74 Å². The predicted octanol–water partition coefficient (Wildman–Crippen LogP) is 2.73. The predicted molar refractivity (Wildman–Crippen MR) is 99.8 cm³/mol. The van der Waals surface area contributed by atoms with E-state index in [-0.39, 0.29) is 24.0 Å². The van der Waals surface area contributed by atoms with E-state index in [2.05, 4.69) is 15.2 Å². The van der Waals surface area contributed by atoms with Crippen LogP contribution in [0.4, 0.5) is 0 Å². The summed E-state index contributed by atoms with van der Waals surface area (Å²) in [4.78, 5) is 7.01. The van der Waals surface area contributed by atoms with Gasteiger partial charge >= 0.3 is 0 Å². The van der Waals surface area contributed by atoms with Crippen molar-refractivity contribution in [2.45, 2.75) is 38.5 Å². The molecule has 1 N–H and O–H groups in total. The second-order valence-electron chi connectivity index (χ2n) is 7.74. The highest BCUT2D eigenvalue weighted by atomic mass is 127. The number of ether oxygens (including phenoxy) is 1. The van der Waals surface area contributed by atoms with Crippen LogP contribution in [0.2, 0.25) is 0 Å². The standard InChI is InChI=1S/C17H29N3O.HI/c1-18-16(19-10-15(13-2-3-13)14-4-5-14)20-8-6-17(11-20)7-9-21-12-17;/h13-15H,2-12H2,1H3,(H,18,19);1H. The molecule has 1 spiro atoms. The first-order chi connectivity index (χ1) is 10.3. The smallest absolute Gasteiger partial charge is 0.193 e. The SMILES string of the molecule is CN=C(NCC(C1CC1)C1CC1)N1CCC2(CCOC2)C1.I. The van der Waals surface area contributed by atoms with E-state index in [1.807, 2.05) is 7.05 Å². The lowest BCUT2D eigenvalue weighted by Gasteiger charge is -2.26. The fraction of sp³-hybridized carbons (Fsp3) is 0.941. The largest absolute Gasteiger partial charge is 0.381 e. The molecular weight excluding hydrogens is 389 g/mol. The van der Waals surface area contributed by atoms with E-state index in [0.717, 1.165) is 56.6 Å². The van der Waals surface area contributed by atoms with Crippen LogP contribution in [0.3, 0.4) is 0 Å². The zero-order valence-corrected chi connectivity index (χ0v) is 16.1. The van der Waals surface area contributed by atoms with Gasteiger partial charge in [0.2, 0.25) is 0 Å². The lowest BCUT2D eigenvalue weighted by molar-refractivity contribution is 0.156. The molecule has 4 rings (SSSR count). The molecule has 2 heterocycles. The third-order valence-electron chi connectivity index (χ3n) is 6.09. The third-order valence-corrected chi connectivity index (χ3v) is 6.09. The molecule has 2 saturated carbocycles. The minimum atomic E-state index is 0. The van der Waals surface area contributed by atoms with Gasteiger partial charge in [0.15, 0.2) is 5.96 Å². The van der Waals surface area contributed by atoms with Crippen molar-refractivity contribution >= 4 is 29.9 Å². The number of nitrogens with zero attached hydrogens (tertiary/aromatic N) is 2. The Kier molecular flexibility index (Phi) is 5.22. The van der Waals surface area contributed by atoms with Crippen LogP contribution in [0, 0.1) is 23.2 Å². The van der Waals surface area contributed by atoms with E-state index in [1.54, 1.807) is 0 Å². The molecule has 0 radical (unpaired) electrons. The molecule has 4 nitrogen and oxygen atoms in total. The Bertz CT molecular complexity index is 402. The Labute approximate surface area is 151 Å². The minimum Gasteiger partial charge on any atom is -0.381 e. The molecule has 2 saturated heterocycles. The number of likely N-dealkylation sites (tertiary alicyclic amines) is 1. The Hall–Kier alpha value is -0.0400. The number of aliphatic imine (C=N–C) groups is 1. The summed E-state index contributed by atoms with van der Waals surface area (Å²) in [5, 5.41) is 3.70. The van der Waals surface area contributed by atoms with Crippen molar-refractivity contribution in [1.82, 2.24) is 10.2 Å². The molecule has 1 atom stereocenters. The molecule has 4 fully saturated rings. The van der Waals surface area contributed by atoms with Gasteiger partial charge < -0.3 is 15.0 Å². The first kappa shape index (κ1) is 16.8. The zero-order chi connectivity index (χ0) is 14.3. The minimum absolute atomic E-state index is 0. The quantitative estimate of drug-likeness (QED) is 0.433. The van der Waals surface area contributed by atoms with Gasteiger partial charge in [-0.05, 0) is 56.3 Å². The molecule has 0 amide bonds. The number of hydrogen-bond donors (Lipinski definition) is 1. The highest BCUT2D eigenvalue weighted by Crippen LogP contribution is 2.48. The van der Waals surface area contributed by atoms with Crippen molar-refractivity contribution in [3.63, 3.8) is 0 Å². The molecule has 2 aliphatic carbocycles. The summed E-state index contributed by atoms with van der Waals surface area (Å²) in [6.45, 7) is 5.31. The molecule has 5 heteroatoms. The molecule has 1 unspecified atom stereocenters. The highest BCUT2D eigenvalue weighted by Gasteiger charge is 2.43. The molecule has 2 aliphatic heterocycles. The van der Waals surface area contributed by atoms with E-state index in [4.69, 9.17) is 4.74 Å². The normalized spacial score (nSPS) is 31.9.